The molecule has 4 rings (SSSR count). The zero-order valence-corrected chi connectivity index (χ0v) is 11.3. The summed E-state index contributed by atoms with van der Waals surface area (Å²) in [5.74, 6) is 0.754. The third-order valence-corrected chi connectivity index (χ3v) is 5.44. The summed E-state index contributed by atoms with van der Waals surface area (Å²) in [5.41, 5.74) is -1.23. The normalized spacial score (nSPS) is 44.8. The third-order valence-electron chi connectivity index (χ3n) is 4.92. The predicted octanol–water partition coefficient (Wildman–Crippen LogP) is 3.37. The Morgan fingerprint density at radius 3 is 2.37 bits per heavy atom. The molecular weight excluding hydrogens is 278 g/mol. The van der Waals surface area contributed by atoms with Crippen molar-refractivity contribution in [2.75, 3.05) is 0 Å². The third kappa shape index (κ3) is 2.76. The minimum Gasteiger partial charge on any atom is -0.390 e. The maximum atomic E-state index is 13.8. The number of hydrogen-bond acceptors (Lipinski definition) is 5. The largest absolute Gasteiger partial charge is 0.390 e. The van der Waals surface area contributed by atoms with Gasteiger partial charge in [0.1, 0.15) is 12.0 Å². The summed E-state index contributed by atoms with van der Waals surface area (Å²) in [7, 11) is 0. The fourth-order valence-electron chi connectivity index (χ4n) is 5.14. The van der Waals surface area contributed by atoms with Crippen LogP contribution in [0.3, 0.4) is 0 Å². The van der Waals surface area contributed by atoms with Gasteiger partial charge in [-0.2, -0.15) is 8.78 Å². The Bertz CT molecular complexity index is 352. The van der Waals surface area contributed by atoms with E-state index in [1.165, 1.54) is 0 Å². The van der Waals surface area contributed by atoms with Gasteiger partial charge in [0, 0.05) is 6.42 Å². The monoisotopic (exact) mass is 296 g/mol. The molecule has 4 aliphatic rings. The van der Waals surface area contributed by atoms with Gasteiger partial charge in [0.25, 0.3) is 0 Å². The molecule has 2 N–H and O–H groups in total. The Kier molecular flexibility index (Phi) is 3.34. The molecule has 2 atom stereocenters. The second-order valence-corrected chi connectivity index (χ2v) is 7.63. The highest BCUT2D eigenvalue weighted by atomic mass is 32.2. The molecule has 0 amide bonds. The average Bonchev–Trinajstić information content (AvgIpc) is 2.21. The molecule has 110 valence electrons. The average molecular weight is 296 g/mol. The summed E-state index contributed by atoms with van der Waals surface area (Å²) in [6.45, 7) is 0. The second-order valence-electron chi connectivity index (χ2n) is 6.73. The SMILES string of the molecule is OOOSC(F)(F)CC12CC3CC(CC(O)(C3)C1)C2. The van der Waals surface area contributed by atoms with Crippen LogP contribution in [-0.4, -0.2) is 21.2 Å². The van der Waals surface area contributed by atoms with Crippen molar-refractivity contribution < 1.29 is 28.5 Å². The first-order valence-corrected chi connectivity index (χ1v) is 7.34. The van der Waals surface area contributed by atoms with Gasteiger partial charge >= 0.3 is 5.25 Å². The highest BCUT2D eigenvalue weighted by molar-refractivity contribution is 7.95. The van der Waals surface area contributed by atoms with E-state index in [2.05, 4.69) is 9.37 Å². The van der Waals surface area contributed by atoms with E-state index in [4.69, 9.17) is 5.26 Å². The van der Waals surface area contributed by atoms with E-state index in [1.54, 1.807) is 0 Å². The van der Waals surface area contributed by atoms with Gasteiger partial charge in [0.05, 0.1) is 5.60 Å². The molecule has 4 fully saturated rings. The van der Waals surface area contributed by atoms with Crippen LogP contribution < -0.4 is 0 Å². The molecule has 0 aromatic heterocycles. The first kappa shape index (κ1) is 14.0. The molecule has 0 aliphatic heterocycles. The molecule has 0 aromatic rings. The van der Waals surface area contributed by atoms with Crippen LogP contribution in [-0.2, 0) is 9.37 Å². The summed E-state index contributed by atoms with van der Waals surface area (Å²) in [5, 5.41) is 18.6. The van der Waals surface area contributed by atoms with Crippen molar-refractivity contribution in [3.05, 3.63) is 0 Å². The molecule has 4 aliphatic carbocycles. The predicted molar refractivity (Wildman–Crippen MR) is 64.0 cm³/mol. The van der Waals surface area contributed by atoms with E-state index in [1.807, 2.05) is 0 Å². The quantitative estimate of drug-likeness (QED) is 0.463. The lowest BCUT2D eigenvalue weighted by Gasteiger charge is -2.60. The van der Waals surface area contributed by atoms with Gasteiger partial charge in [-0.3, -0.25) is 0 Å². The molecule has 4 saturated carbocycles. The summed E-state index contributed by atoms with van der Waals surface area (Å²) >= 11 is -0.161. The van der Waals surface area contributed by atoms with Crippen molar-refractivity contribution in [3.8, 4) is 0 Å². The van der Waals surface area contributed by atoms with Crippen LogP contribution in [0.5, 0.6) is 0 Å². The molecule has 7 heteroatoms. The summed E-state index contributed by atoms with van der Waals surface area (Å²) in [6, 6.07) is 0. The lowest BCUT2D eigenvalue weighted by atomic mass is 9.47. The maximum absolute atomic E-state index is 13.8. The van der Waals surface area contributed by atoms with E-state index in [0.29, 0.717) is 18.3 Å². The minimum absolute atomic E-state index is 0.161. The van der Waals surface area contributed by atoms with Gasteiger partial charge < -0.3 is 5.11 Å². The number of rotatable bonds is 5. The van der Waals surface area contributed by atoms with Gasteiger partial charge in [0.2, 0.25) is 0 Å². The summed E-state index contributed by atoms with van der Waals surface area (Å²) in [6.07, 6.45) is 4.26. The molecule has 2 unspecified atom stereocenters. The van der Waals surface area contributed by atoms with Gasteiger partial charge in [-0.1, -0.05) is 5.04 Å². The fraction of sp³-hybridized carbons (Fsp3) is 1.00. The van der Waals surface area contributed by atoms with Crippen molar-refractivity contribution >= 4 is 12.0 Å². The van der Waals surface area contributed by atoms with E-state index in [-0.39, 0.29) is 18.5 Å². The summed E-state index contributed by atoms with van der Waals surface area (Å²) < 4.78 is 31.5. The fourth-order valence-corrected chi connectivity index (χ4v) is 5.63. The van der Waals surface area contributed by atoms with Crippen LogP contribution in [0.4, 0.5) is 8.78 Å². The lowest BCUT2D eigenvalue weighted by Crippen LogP contribution is -2.56. The number of alkyl halides is 2. The molecule has 0 aromatic carbocycles. The lowest BCUT2D eigenvalue weighted by molar-refractivity contribution is -0.433. The van der Waals surface area contributed by atoms with Gasteiger partial charge in [0.15, 0.2) is 0 Å². The Labute approximate surface area is 114 Å². The van der Waals surface area contributed by atoms with Crippen LogP contribution in [0.2, 0.25) is 0 Å². The molecule has 0 spiro atoms. The minimum atomic E-state index is -3.12. The summed E-state index contributed by atoms with van der Waals surface area (Å²) in [4.78, 5) is 0. The van der Waals surface area contributed by atoms with Crippen molar-refractivity contribution in [1.82, 2.24) is 0 Å². The highest BCUT2D eigenvalue weighted by Crippen LogP contribution is 2.64. The van der Waals surface area contributed by atoms with E-state index in [0.717, 1.165) is 32.1 Å². The van der Waals surface area contributed by atoms with E-state index in [9.17, 15) is 13.9 Å². The molecule has 19 heavy (non-hydrogen) atoms. The zero-order chi connectivity index (χ0) is 13.7. The molecule has 0 saturated heterocycles. The molecule has 4 bridgehead atoms. The van der Waals surface area contributed by atoms with Crippen LogP contribution in [0.25, 0.3) is 0 Å². The Morgan fingerprint density at radius 2 is 1.84 bits per heavy atom. The molecule has 4 nitrogen and oxygen atoms in total. The maximum Gasteiger partial charge on any atom is 0.321 e. The van der Waals surface area contributed by atoms with Gasteiger partial charge in [-0.15, -0.1) is 4.33 Å². The van der Waals surface area contributed by atoms with Crippen molar-refractivity contribution in [3.63, 3.8) is 0 Å². The Morgan fingerprint density at radius 1 is 1.21 bits per heavy atom. The van der Waals surface area contributed by atoms with Crippen molar-refractivity contribution in [1.29, 1.82) is 0 Å². The highest BCUT2D eigenvalue weighted by Gasteiger charge is 2.59. The van der Waals surface area contributed by atoms with Crippen LogP contribution in [0, 0.1) is 17.3 Å². The zero-order valence-electron chi connectivity index (χ0n) is 10.5. The van der Waals surface area contributed by atoms with Crippen molar-refractivity contribution in [2.45, 2.75) is 55.8 Å². The van der Waals surface area contributed by atoms with E-state index < -0.39 is 16.3 Å². The molecule has 0 radical (unpaired) electrons. The smallest absolute Gasteiger partial charge is 0.321 e. The van der Waals surface area contributed by atoms with E-state index >= 15 is 0 Å². The number of halogens is 2. The van der Waals surface area contributed by atoms with Crippen LogP contribution >= 0.6 is 12.0 Å². The van der Waals surface area contributed by atoms with Crippen molar-refractivity contribution in [2.24, 2.45) is 17.3 Å². The van der Waals surface area contributed by atoms with Crippen LogP contribution in [0.1, 0.15) is 44.9 Å². The Hall–Kier alpha value is 0.0500. The van der Waals surface area contributed by atoms with Gasteiger partial charge in [-0.05, 0) is 55.8 Å². The number of hydrogen-bond donors (Lipinski definition) is 2. The number of aliphatic hydroxyl groups is 1. The van der Waals surface area contributed by atoms with Gasteiger partial charge in [-0.25, -0.2) is 5.26 Å². The molecular formula is C12H18F2O4S. The molecule has 0 heterocycles. The Balaban J connectivity index is 1.73. The first-order valence-electron chi connectivity index (χ1n) is 6.60. The standard InChI is InChI=1S/C12H18F2O4S/c13-12(14,19-18-17-16)7-10-2-8-1-9(3-10)5-11(15,4-8)6-10/h8-9,15-16H,1-7H2. The van der Waals surface area contributed by atoms with Crippen LogP contribution in [0.15, 0.2) is 0 Å². The topological polar surface area (TPSA) is 58.9 Å². The first-order chi connectivity index (χ1) is 8.84. The second kappa shape index (κ2) is 4.53.